The van der Waals surface area contributed by atoms with Gasteiger partial charge in [-0.2, -0.15) is 21.3 Å². The standard InChI is InChI=1S/C17H17N3O.C15H20NO.C14H16NO.C12H15NO.2Y/c1-8-5-10-6-17(8)7-12-11(14(17)9(2)16(10)21)3-4-13-15(12)19-20-18-13;1-9(2)12-7-11-8-14(16(4)5)10(3)6-13(11)15(12)17;1-5-10-7-11-8-13(15(3)4)9(2)6-12(11)14(10)16;1-8-6-10-9(4-5-12(10)14)7-11(8)13(2)3;;/h3-4,8,10H,5-7H2,1-2H3,(H,18,19,20);6,8-9,12H,1,7H2,2-5H3;5-6,8H,1,7H2,2-4H3;6-7H,4-5H2,1-3H3;;/q;2*-1;;;/b;;10-5+;;;. The largest absolute Gasteiger partial charge is 0.377 e. The van der Waals surface area contributed by atoms with Gasteiger partial charge in [0.25, 0.3) is 0 Å². The monoisotopic (exact) mass is 1090 g/mol. The van der Waals surface area contributed by atoms with Gasteiger partial charge in [-0.1, -0.05) is 26.3 Å². The van der Waals surface area contributed by atoms with Crippen LogP contribution in [0.4, 0.5) is 17.1 Å². The van der Waals surface area contributed by atoms with Crippen molar-refractivity contribution in [2.75, 3.05) is 57.0 Å². The van der Waals surface area contributed by atoms with Crippen LogP contribution in [-0.4, -0.2) is 80.8 Å². The molecule has 11 rings (SSSR count). The smallest absolute Gasteiger partial charge is 0.164 e. The van der Waals surface area contributed by atoms with Crippen molar-refractivity contribution in [3.63, 3.8) is 0 Å². The van der Waals surface area contributed by atoms with Crippen LogP contribution in [0, 0.1) is 63.7 Å². The molecule has 1 aromatic heterocycles. The average molecular weight is 1090 g/mol. The van der Waals surface area contributed by atoms with Gasteiger partial charge in [0, 0.05) is 165 Å². The number of ketones is 4. The topological polar surface area (TPSA) is 120 Å². The molecule has 1 N–H and O–H groups in total. The molecule has 0 amide bonds. The molecule has 2 radical (unpaired) electrons. The van der Waals surface area contributed by atoms with Gasteiger partial charge in [-0.05, 0) is 164 Å². The summed E-state index contributed by atoms with van der Waals surface area (Å²) in [4.78, 5) is 54.5. The number of aromatic nitrogens is 3. The van der Waals surface area contributed by atoms with Crippen LogP contribution in [0.5, 0.6) is 0 Å². The predicted octanol–water partition coefficient (Wildman–Crippen LogP) is 10.5. The van der Waals surface area contributed by atoms with Crippen LogP contribution in [0.25, 0.3) is 16.6 Å². The van der Waals surface area contributed by atoms with Crippen LogP contribution in [0.3, 0.4) is 0 Å². The van der Waals surface area contributed by atoms with Crippen molar-refractivity contribution >= 4 is 56.8 Å². The number of H-pyrrole nitrogens is 1. The zero-order chi connectivity index (χ0) is 49.3. The van der Waals surface area contributed by atoms with E-state index in [1.807, 2.05) is 87.3 Å². The molecule has 6 aliphatic rings. The molecule has 4 aromatic carbocycles. The molecule has 12 heteroatoms. The number of rotatable bonds is 4. The van der Waals surface area contributed by atoms with Crippen molar-refractivity contribution in [3.05, 3.63) is 141 Å². The van der Waals surface area contributed by atoms with Crippen LogP contribution in [-0.2, 0) is 95.9 Å². The van der Waals surface area contributed by atoms with E-state index < -0.39 is 0 Å². The molecule has 362 valence electrons. The number of aryl methyl sites for hydroxylation is 4. The summed E-state index contributed by atoms with van der Waals surface area (Å²) >= 11 is 0. The van der Waals surface area contributed by atoms with E-state index in [-0.39, 0.29) is 100 Å². The van der Waals surface area contributed by atoms with Gasteiger partial charge < -0.3 is 26.4 Å². The Kier molecular flexibility index (Phi) is 17.0. The summed E-state index contributed by atoms with van der Waals surface area (Å²) in [5, 5.41) is 11.3. The average Bonchev–Trinajstić information content (AvgIpc) is 4.15. The number of Topliss-reactive ketones (excluding diaryl/α,β-unsaturated/α-hetero) is 4. The fourth-order valence-corrected chi connectivity index (χ4v) is 12.1. The molecule has 1 spiro atoms. The van der Waals surface area contributed by atoms with Gasteiger partial charge in [-0.15, -0.1) is 5.57 Å². The van der Waals surface area contributed by atoms with Gasteiger partial charge in [0.05, 0.1) is 0 Å². The molecule has 5 unspecified atom stereocenters. The molecule has 0 saturated heterocycles. The van der Waals surface area contributed by atoms with Crippen LogP contribution in [0.15, 0.2) is 65.8 Å². The molecule has 1 saturated carbocycles. The Morgan fingerprint density at radius 1 is 0.729 bits per heavy atom. The van der Waals surface area contributed by atoms with Crippen molar-refractivity contribution in [2.24, 2.45) is 29.1 Å². The molecule has 70 heavy (non-hydrogen) atoms. The minimum Gasteiger partial charge on any atom is -0.377 e. The quantitative estimate of drug-likeness (QED) is 0.139. The molecule has 1 heterocycles. The minimum atomic E-state index is 0. The first kappa shape index (κ1) is 55.2. The minimum absolute atomic E-state index is 0. The number of nitrogens with one attached hydrogen (secondary N) is 1. The Morgan fingerprint density at radius 3 is 1.89 bits per heavy atom. The maximum absolute atomic E-state index is 12.6. The number of carbonyl (C=O) groups excluding carboxylic acids is 4. The van der Waals surface area contributed by atoms with Crippen molar-refractivity contribution in [1.82, 2.24) is 15.4 Å². The zero-order valence-electron chi connectivity index (χ0n) is 43.4. The summed E-state index contributed by atoms with van der Waals surface area (Å²) in [5.74, 6) is 2.14. The molecule has 5 atom stereocenters. The molecule has 2 bridgehead atoms. The van der Waals surface area contributed by atoms with E-state index in [0.29, 0.717) is 23.9 Å². The number of fused-ring (bicyclic) bond motifs is 8. The van der Waals surface area contributed by atoms with Crippen LogP contribution >= 0.6 is 0 Å². The van der Waals surface area contributed by atoms with E-state index in [1.165, 1.54) is 56.0 Å². The third-order valence-corrected chi connectivity index (χ3v) is 15.7. The number of hydrogen-bond acceptors (Lipinski definition) is 9. The van der Waals surface area contributed by atoms with Crippen molar-refractivity contribution in [3.8, 4) is 0 Å². The zero-order valence-corrected chi connectivity index (χ0v) is 49.1. The molecule has 10 nitrogen and oxygen atoms in total. The number of allylic oxidation sites excluding steroid dienone is 4. The first-order valence-corrected chi connectivity index (χ1v) is 24.1. The van der Waals surface area contributed by atoms with Gasteiger partial charge >= 0.3 is 0 Å². The van der Waals surface area contributed by atoms with Gasteiger partial charge in [-0.3, -0.25) is 14.4 Å². The summed E-state index contributed by atoms with van der Waals surface area (Å²) in [6, 6.07) is 16.6. The Morgan fingerprint density at radius 2 is 1.30 bits per heavy atom. The Bertz CT molecular complexity index is 2980. The Hall–Kier alpha value is -4.08. The summed E-state index contributed by atoms with van der Waals surface area (Å²) in [7, 11) is 12.2. The molecule has 6 aliphatic carbocycles. The van der Waals surface area contributed by atoms with Crippen molar-refractivity contribution < 1.29 is 84.6 Å². The predicted molar refractivity (Wildman–Crippen MR) is 276 cm³/mol. The maximum atomic E-state index is 12.6. The van der Waals surface area contributed by atoms with E-state index in [4.69, 9.17) is 0 Å². The van der Waals surface area contributed by atoms with E-state index >= 15 is 0 Å². The van der Waals surface area contributed by atoms with Gasteiger partial charge in [-0.25, -0.2) is 13.0 Å². The second-order valence-electron chi connectivity index (χ2n) is 20.9. The van der Waals surface area contributed by atoms with E-state index in [2.05, 4.69) is 89.0 Å². The first-order chi connectivity index (χ1) is 32.2. The summed E-state index contributed by atoms with van der Waals surface area (Å²) < 4.78 is 0. The molecule has 5 aromatic rings. The Balaban J connectivity index is 0.000000153. The fraction of sp³-hybridized carbons (Fsp3) is 0.414. The summed E-state index contributed by atoms with van der Waals surface area (Å²) in [6.07, 6.45) is 7.92. The third kappa shape index (κ3) is 9.89. The molecule has 1 fully saturated rings. The maximum Gasteiger partial charge on any atom is 0.164 e. The number of hydrogen-bond donors (Lipinski definition) is 1. The number of benzene rings is 4. The number of aromatic amines is 1. The second kappa shape index (κ2) is 21.6. The van der Waals surface area contributed by atoms with Crippen molar-refractivity contribution in [2.45, 2.75) is 86.5 Å². The number of carbonyl (C=O) groups is 4. The number of anilines is 3. The fourth-order valence-electron chi connectivity index (χ4n) is 12.1. The SMILES string of the molecule is CC1=C2c3ccc4n[nH]nc4c3CC23CC(CC3C)C1=O.Cc1cc2c(cc1N(C)C)CCC2=O.[CH2-]/C=C1\Cc2cc(N(C)C)c(C)cc2C1=O.[CH2-]C(C)C1Cc2cc(N(C)C)c(C)cc2C1=O.[Y].[Y]. The summed E-state index contributed by atoms with van der Waals surface area (Å²) in [5.41, 5.74) is 21.0. The molecule has 0 aliphatic heterocycles. The van der Waals surface area contributed by atoms with Gasteiger partial charge in [0.1, 0.15) is 16.8 Å². The van der Waals surface area contributed by atoms with E-state index in [0.717, 1.165) is 88.5 Å². The Labute approximate surface area is 466 Å². The molecular weight excluding hydrogens is 1020 g/mol. The second-order valence-corrected chi connectivity index (χ2v) is 20.9. The van der Waals surface area contributed by atoms with E-state index in [9.17, 15) is 19.2 Å². The third-order valence-electron chi connectivity index (χ3n) is 15.7. The first-order valence-electron chi connectivity index (χ1n) is 24.1. The van der Waals surface area contributed by atoms with E-state index in [1.54, 1.807) is 6.08 Å². The number of nitrogens with zero attached hydrogens (tertiary/aromatic N) is 5. The van der Waals surface area contributed by atoms with Crippen LogP contribution < -0.4 is 14.7 Å². The van der Waals surface area contributed by atoms with Crippen LogP contribution in [0.2, 0.25) is 0 Å². The normalized spacial score (nSPS) is 21.7. The van der Waals surface area contributed by atoms with Gasteiger partial charge in [0.15, 0.2) is 17.3 Å². The molecular formula is C58H68N6O4Y2-2. The van der Waals surface area contributed by atoms with Gasteiger partial charge in [0.2, 0.25) is 0 Å². The summed E-state index contributed by atoms with van der Waals surface area (Å²) in [6.45, 7) is 20.2. The van der Waals surface area contributed by atoms with Crippen molar-refractivity contribution in [1.29, 1.82) is 0 Å². The van der Waals surface area contributed by atoms with Crippen LogP contribution in [0.1, 0.15) is 116 Å².